The molecule has 0 saturated heterocycles. The smallest absolute Gasteiger partial charge is 0.311 e. The first-order chi connectivity index (χ1) is 12.0. The predicted molar refractivity (Wildman–Crippen MR) is 93.1 cm³/mol. The number of hydrogen-bond acceptors (Lipinski definition) is 6. The molecule has 7 nitrogen and oxygen atoms in total. The Balaban J connectivity index is 2.45. The number of thioether (sulfide) groups is 1. The topological polar surface area (TPSA) is 110 Å². The first-order valence-corrected chi connectivity index (χ1v) is 8.82. The maximum Gasteiger partial charge on any atom is 0.311 e. The van der Waals surface area contributed by atoms with E-state index in [9.17, 15) is 24.3 Å². The Morgan fingerprint density at radius 1 is 1.28 bits per heavy atom. The summed E-state index contributed by atoms with van der Waals surface area (Å²) in [6.45, 7) is 1.14. The molecule has 1 amide bonds. The lowest BCUT2D eigenvalue weighted by atomic mass is 9.88. The van der Waals surface area contributed by atoms with E-state index in [1.54, 1.807) is 30.3 Å². The van der Waals surface area contributed by atoms with Gasteiger partial charge >= 0.3 is 11.9 Å². The van der Waals surface area contributed by atoms with Crippen LogP contribution in [0.4, 0.5) is 0 Å². The van der Waals surface area contributed by atoms with E-state index in [4.69, 9.17) is 4.74 Å². The molecule has 0 bridgehead atoms. The van der Waals surface area contributed by atoms with Gasteiger partial charge in [0.05, 0.1) is 12.3 Å². The minimum Gasteiger partial charge on any atom is -0.481 e. The van der Waals surface area contributed by atoms with Crippen molar-refractivity contribution in [1.29, 1.82) is 0 Å². The molecule has 1 rings (SSSR count). The van der Waals surface area contributed by atoms with Gasteiger partial charge < -0.3 is 20.0 Å². The molecule has 0 radical (unpaired) electrons. The summed E-state index contributed by atoms with van der Waals surface area (Å²) in [7, 11) is 0. The second kappa shape index (κ2) is 11.2. The maximum absolute atomic E-state index is 11.5. The van der Waals surface area contributed by atoms with E-state index in [1.807, 2.05) is 0 Å². The average molecular weight is 367 g/mol. The van der Waals surface area contributed by atoms with Crippen molar-refractivity contribution >= 4 is 35.9 Å². The molecular formula is C17H21NO6S. The Labute approximate surface area is 150 Å². The number of aldehydes is 1. The van der Waals surface area contributed by atoms with Crippen LogP contribution in [0.25, 0.3) is 0 Å². The van der Waals surface area contributed by atoms with Crippen LogP contribution in [0.15, 0.2) is 30.3 Å². The summed E-state index contributed by atoms with van der Waals surface area (Å²) in [5, 5.41) is 11.8. The zero-order chi connectivity index (χ0) is 18.7. The zero-order valence-corrected chi connectivity index (χ0v) is 14.7. The molecule has 136 valence electrons. The van der Waals surface area contributed by atoms with Gasteiger partial charge in [-0.05, 0) is 5.56 Å². The van der Waals surface area contributed by atoms with Crippen LogP contribution in [-0.2, 0) is 23.9 Å². The van der Waals surface area contributed by atoms with Crippen molar-refractivity contribution in [3.8, 4) is 0 Å². The van der Waals surface area contributed by atoms with Crippen molar-refractivity contribution in [2.24, 2.45) is 5.92 Å². The van der Waals surface area contributed by atoms with Gasteiger partial charge in [0.15, 0.2) is 6.73 Å². The molecule has 0 aliphatic rings. The summed E-state index contributed by atoms with van der Waals surface area (Å²) in [5.74, 6) is -2.76. The van der Waals surface area contributed by atoms with Crippen molar-refractivity contribution < 1.29 is 29.0 Å². The van der Waals surface area contributed by atoms with Crippen molar-refractivity contribution in [2.45, 2.75) is 19.3 Å². The molecule has 0 aliphatic heterocycles. The van der Waals surface area contributed by atoms with Crippen molar-refractivity contribution in [3.05, 3.63) is 35.9 Å². The van der Waals surface area contributed by atoms with Gasteiger partial charge in [-0.1, -0.05) is 30.3 Å². The van der Waals surface area contributed by atoms with Crippen LogP contribution in [0.5, 0.6) is 0 Å². The fraction of sp³-hybridized carbons (Fsp3) is 0.412. The highest BCUT2D eigenvalue weighted by Gasteiger charge is 2.29. The normalized spacial score (nSPS) is 12.7. The van der Waals surface area contributed by atoms with Gasteiger partial charge in [0.25, 0.3) is 0 Å². The third kappa shape index (κ3) is 7.84. The second-order valence-corrected chi connectivity index (χ2v) is 6.39. The predicted octanol–water partition coefficient (Wildman–Crippen LogP) is 1.43. The Morgan fingerprint density at radius 2 is 1.96 bits per heavy atom. The minimum absolute atomic E-state index is 0.110. The Kier molecular flexibility index (Phi) is 9.31. The van der Waals surface area contributed by atoms with Crippen LogP contribution >= 0.6 is 11.8 Å². The number of amides is 1. The number of carboxylic acids is 1. The van der Waals surface area contributed by atoms with Gasteiger partial charge in [-0.15, -0.1) is 0 Å². The summed E-state index contributed by atoms with van der Waals surface area (Å²) in [5.41, 5.74) is 0.572. The summed E-state index contributed by atoms with van der Waals surface area (Å²) < 4.78 is 4.79. The maximum atomic E-state index is 11.5. The van der Waals surface area contributed by atoms with Crippen LogP contribution in [0.3, 0.4) is 0 Å². The standard InChI is InChI=1S/C17H21NO6S/c1-12(20)18-11-24-15(21)7-8-25-10-14(9-19)16(17(22)23)13-5-3-2-4-6-13/h2-6,9,14,16H,7-8,10-11H2,1H3,(H,18,20)(H,22,23)/t14-,16+/m1/s1. The fourth-order valence-electron chi connectivity index (χ4n) is 2.11. The number of carbonyl (C=O) groups excluding carboxylic acids is 3. The SMILES string of the molecule is CC(=O)NCOC(=O)CCSC[C@@H](C=O)[C@@H](C(=O)O)c1ccccc1. The zero-order valence-electron chi connectivity index (χ0n) is 13.8. The van der Waals surface area contributed by atoms with Gasteiger partial charge in [0.2, 0.25) is 5.91 Å². The van der Waals surface area contributed by atoms with Gasteiger partial charge in [0.1, 0.15) is 6.29 Å². The van der Waals surface area contributed by atoms with Crippen LogP contribution in [-0.4, -0.2) is 47.5 Å². The summed E-state index contributed by atoms with van der Waals surface area (Å²) in [4.78, 5) is 45.0. The Morgan fingerprint density at radius 3 is 2.52 bits per heavy atom. The molecule has 0 aromatic heterocycles. The highest BCUT2D eigenvalue weighted by atomic mass is 32.2. The number of benzene rings is 1. The van der Waals surface area contributed by atoms with Crippen LogP contribution in [0, 0.1) is 5.92 Å². The molecule has 0 fully saturated rings. The average Bonchev–Trinajstić information content (AvgIpc) is 2.57. The Hall–Kier alpha value is -2.35. The third-order valence-electron chi connectivity index (χ3n) is 3.34. The van der Waals surface area contributed by atoms with Crippen LogP contribution in [0.2, 0.25) is 0 Å². The molecule has 0 aliphatic carbocycles. The minimum atomic E-state index is -1.06. The molecule has 25 heavy (non-hydrogen) atoms. The third-order valence-corrected chi connectivity index (χ3v) is 4.46. The summed E-state index contributed by atoms with van der Waals surface area (Å²) >= 11 is 1.31. The molecular weight excluding hydrogens is 346 g/mol. The van der Waals surface area contributed by atoms with E-state index < -0.39 is 23.8 Å². The fourth-order valence-corrected chi connectivity index (χ4v) is 3.13. The molecule has 0 spiro atoms. The number of carbonyl (C=O) groups is 4. The van der Waals surface area contributed by atoms with Crippen molar-refractivity contribution in [3.63, 3.8) is 0 Å². The molecule has 1 aromatic rings. The van der Waals surface area contributed by atoms with Crippen molar-refractivity contribution in [2.75, 3.05) is 18.2 Å². The first kappa shape index (κ1) is 20.7. The number of aliphatic carboxylic acids is 1. The lowest BCUT2D eigenvalue weighted by molar-refractivity contribution is -0.145. The van der Waals surface area contributed by atoms with E-state index in [1.165, 1.54) is 18.7 Å². The lowest BCUT2D eigenvalue weighted by Crippen LogP contribution is -2.25. The molecule has 8 heteroatoms. The van der Waals surface area contributed by atoms with E-state index in [-0.39, 0.29) is 24.8 Å². The number of carboxylic acid groups (broad SMARTS) is 1. The number of ether oxygens (including phenoxy) is 1. The monoisotopic (exact) mass is 367 g/mol. The van der Waals surface area contributed by atoms with Crippen molar-refractivity contribution in [1.82, 2.24) is 5.32 Å². The first-order valence-electron chi connectivity index (χ1n) is 7.66. The number of rotatable bonds is 11. The van der Waals surface area contributed by atoms with Gasteiger partial charge in [-0.25, -0.2) is 0 Å². The molecule has 0 unspecified atom stereocenters. The second-order valence-electron chi connectivity index (χ2n) is 5.25. The summed E-state index contributed by atoms with van der Waals surface area (Å²) in [6, 6.07) is 8.59. The molecule has 2 atom stereocenters. The molecule has 0 heterocycles. The van der Waals surface area contributed by atoms with E-state index in [2.05, 4.69) is 5.32 Å². The van der Waals surface area contributed by atoms with E-state index in [0.717, 1.165) is 0 Å². The largest absolute Gasteiger partial charge is 0.481 e. The van der Waals surface area contributed by atoms with Crippen LogP contribution < -0.4 is 5.32 Å². The van der Waals surface area contributed by atoms with Crippen LogP contribution in [0.1, 0.15) is 24.8 Å². The van der Waals surface area contributed by atoms with Gasteiger partial charge in [0, 0.05) is 24.3 Å². The molecule has 0 saturated carbocycles. The summed E-state index contributed by atoms with van der Waals surface area (Å²) in [6.07, 6.45) is 0.757. The molecule has 1 aromatic carbocycles. The molecule has 2 N–H and O–H groups in total. The highest BCUT2D eigenvalue weighted by molar-refractivity contribution is 7.99. The Bertz CT molecular complexity index is 592. The highest BCUT2D eigenvalue weighted by Crippen LogP contribution is 2.27. The number of nitrogens with one attached hydrogen (secondary N) is 1. The van der Waals surface area contributed by atoms with E-state index >= 15 is 0 Å². The van der Waals surface area contributed by atoms with Gasteiger partial charge in [-0.2, -0.15) is 11.8 Å². The lowest BCUT2D eigenvalue weighted by Gasteiger charge is -2.19. The van der Waals surface area contributed by atoms with E-state index in [0.29, 0.717) is 17.6 Å². The number of hydrogen-bond donors (Lipinski definition) is 2. The number of esters is 1. The quantitative estimate of drug-likeness (QED) is 0.263. The van der Waals surface area contributed by atoms with Gasteiger partial charge in [-0.3, -0.25) is 14.4 Å².